The minimum atomic E-state index is 0.104. The summed E-state index contributed by atoms with van der Waals surface area (Å²) in [6, 6.07) is 12.2. The van der Waals surface area contributed by atoms with Gasteiger partial charge in [-0.1, -0.05) is 60.5 Å². The van der Waals surface area contributed by atoms with Crippen LogP contribution in [0, 0.1) is 6.92 Å². The third kappa shape index (κ3) is 3.11. The van der Waals surface area contributed by atoms with Crippen LogP contribution in [0.15, 0.2) is 36.4 Å². The number of nitrogens with one attached hydrogen (secondary N) is 1. The van der Waals surface area contributed by atoms with Crippen LogP contribution in [0.4, 0.5) is 5.69 Å². The van der Waals surface area contributed by atoms with Gasteiger partial charge < -0.3 is 5.32 Å². The van der Waals surface area contributed by atoms with Crippen LogP contribution in [0.3, 0.4) is 0 Å². The predicted molar refractivity (Wildman–Crippen MR) is 89.1 cm³/mol. The maximum atomic E-state index is 6.30. The second-order valence-corrected chi connectivity index (χ2v) is 5.76. The summed E-state index contributed by atoms with van der Waals surface area (Å²) >= 11 is 12.4. The SMILES string of the molecule is CCc1cccc(C)c1NC(C)c1cccc(Cl)c1Cl. The Labute approximate surface area is 130 Å². The first-order valence-corrected chi connectivity index (χ1v) is 7.59. The molecule has 0 aliphatic heterocycles. The molecule has 0 saturated heterocycles. The molecule has 0 aliphatic rings. The van der Waals surface area contributed by atoms with E-state index in [4.69, 9.17) is 23.2 Å². The Kier molecular flexibility index (Phi) is 4.95. The van der Waals surface area contributed by atoms with Gasteiger partial charge in [-0.15, -0.1) is 0 Å². The van der Waals surface area contributed by atoms with Crippen LogP contribution in [0.5, 0.6) is 0 Å². The highest BCUT2D eigenvalue weighted by Crippen LogP contribution is 2.33. The van der Waals surface area contributed by atoms with Gasteiger partial charge in [0.1, 0.15) is 0 Å². The van der Waals surface area contributed by atoms with Gasteiger partial charge in [0.25, 0.3) is 0 Å². The number of para-hydroxylation sites is 1. The van der Waals surface area contributed by atoms with E-state index in [1.165, 1.54) is 16.8 Å². The molecule has 1 unspecified atom stereocenters. The molecular weight excluding hydrogens is 289 g/mol. The molecule has 1 N–H and O–H groups in total. The summed E-state index contributed by atoms with van der Waals surface area (Å²) in [5.74, 6) is 0. The van der Waals surface area contributed by atoms with Crippen LogP contribution in [0.1, 0.15) is 36.6 Å². The van der Waals surface area contributed by atoms with Gasteiger partial charge in [-0.25, -0.2) is 0 Å². The van der Waals surface area contributed by atoms with E-state index >= 15 is 0 Å². The molecule has 0 heterocycles. The Bertz CT molecular complexity index is 608. The molecule has 1 atom stereocenters. The summed E-state index contributed by atoms with van der Waals surface area (Å²) in [5, 5.41) is 4.79. The molecule has 1 nitrogen and oxygen atoms in total. The fourth-order valence-electron chi connectivity index (χ4n) is 2.38. The van der Waals surface area contributed by atoms with E-state index in [0.717, 1.165) is 12.0 Å². The summed E-state index contributed by atoms with van der Waals surface area (Å²) in [7, 11) is 0. The van der Waals surface area contributed by atoms with Gasteiger partial charge in [0.05, 0.1) is 16.1 Å². The van der Waals surface area contributed by atoms with Crippen LogP contribution in [-0.2, 0) is 6.42 Å². The third-order valence-electron chi connectivity index (χ3n) is 3.55. The molecule has 0 bridgehead atoms. The molecule has 2 aromatic rings. The van der Waals surface area contributed by atoms with E-state index in [1.54, 1.807) is 0 Å². The molecule has 2 aromatic carbocycles. The summed E-state index contributed by atoms with van der Waals surface area (Å²) < 4.78 is 0. The Morgan fingerprint density at radius 1 is 1.10 bits per heavy atom. The fraction of sp³-hybridized carbons (Fsp3) is 0.294. The standard InChI is InChI=1S/C17H19Cl2N/c1-4-13-8-5-7-11(2)17(13)20-12(3)14-9-6-10-15(18)16(14)19/h5-10,12,20H,4H2,1-3H3. The Morgan fingerprint density at radius 2 is 1.80 bits per heavy atom. The first-order chi connectivity index (χ1) is 9.54. The van der Waals surface area contributed by atoms with Gasteiger partial charge in [-0.3, -0.25) is 0 Å². The average molecular weight is 308 g/mol. The fourth-order valence-corrected chi connectivity index (χ4v) is 2.85. The largest absolute Gasteiger partial charge is 0.378 e. The van der Waals surface area contributed by atoms with E-state index in [1.807, 2.05) is 18.2 Å². The monoisotopic (exact) mass is 307 g/mol. The summed E-state index contributed by atoms with van der Waals surface area (Å²) in [6.45, 7) is 6.38. The molecule has 0 radical (unpaired) electrons. The van der Waals surface area contributed by atoms with Crippen LogP contribution >= 0.6 is 23.2 Å². The number of hydrogen-bond donors (Lipinski definition) is 1. The number of benzene rings is 2. The molecule has 3 heteroatoms. The van der Waals surface area contributed by atoms with Crippen molar-refractivity contribution < 1.29 is 0 Å². The Morgan fingerprint density at radius 3 is 2.50 bits per heavy atom. The topological polar surface area (TPSA) is 12.0 Å². The van der Waals surface area contributed by atoms with Crippen molar-refractivity contribution in [3.8, 4) is 0 Å². The molecule has 0 fully saturated rings. The first kappa shape index (κ1) is 15.2. The lowest BCUT2D eigenvalue weighted by Crippen LogP contribution is -2.10. The minimum absolute atomic E-state index is 0.104. The minimum Gasteiger partial charge on any atom is -0.378 e. The van der Waals surface area contributed by atoms with Crippen molar-refractivity contribution in [2.75, 3.05) is 5.32 Å². The molecular formula is C17H19Cl2N. The van der Waals surface area contributed by atoms with Crippen molar-refractivity contribution in [1.29, 1.82) is 0 Å². The van der Waals surface area contributed by atoms with Crippen molar-refractivity contribution in [2.24, 2.45) is 0 Å². The van der Waals surface area contributed by atoms with Gasteiger partial charge in [-0.05, 0) is 43.0 Å². The van der Waals surface area contributed by atoms with Gasteiger partial charge in [-0.2, -0.15) is 0 Å². The average Bonchev–Trinajstić information content (AvgIpc) is 2.44. The van der Waals surface area contributed by atoms with E-state index < -0.39 is 0 Å². The third-order valence-corrected chi connectivity index (χ3v) is 4.38. The van der Waals surface area contributed by atoms with Crippen molar-refractivity contribution in [1.82, 2.24) is 0 Å². The molecule has 0 aliphatic carbocycles. The molecule has 0 saturated carbocycles. The Hall–Kier alpha value is -1.18. The van der Waals surface area contributed by atoms with Gasteiger partial charge in [0.15, 0.2) is 0 Å². The van der Waals surface area contributed by atoms with Crippen LogP contribution in [-0.4, -0.2) is 0 Å². The van der Waals surface area contributed by atoms with Gasteiger partial charge in [0, 0.05) is 5.69 Å². The molecule has 0 spiro atoms. The Balaban J connectivity index is 2.33. The maximum absolute atomic E-state index is 6.30. The predicted octanol–water partition coefficient (Wildman–Crippen LogP) is 6.04. The molecule has 106 valence electrons. The number of anilines is 1. The van der Waals surface area contributed by atoms with E-state index in [0.29, 0.717) is 10.0 Å². The highest BCUT2D eigenvalue weighted by atomic mass is 35.5. The molecule has 0 aromatic heterocycles. The smallest absolute Gasteiger partial charge is 0.0644 e. The van der Waals surface area contributed by atoms with Gasteiger partial charge >= 0.3 is 0 Å². The lowest BCUT2D eigenvalue weighted by Gasteiger charge is -2.21. The number of rotatable bonds is 4. The van der Waals surface area contributed by atoms with E-state index in [-0.39, 0.29) is 6.04 Å². The highest BCUT2D eigenvalue weighted by molar-refractivity contribution is 6.42. The summed E-state index contributed by atoms with van der Waals surface area (Å²) in [4.78, 5) is 0. The number of hydrogen-bond acceptors (Lipinski definition) is 1. The van der Waals surface area contributed by atoms with Gasteiger partial charge in [0.2, 0.25) is 0 Å². The van der Waals surface area contributed by atoms with E-state index in [9.17, 15) is 0 Å². The maximum Gasteiger partial charge on any atom is 0.0644 e. The first-order valence-electron chi connectivity index (χ1n) is 6.83. The van der Waals surface area contributed by atoms with Crippen molar-refractivity contribution in [3.63, 3.8) is 0 Å². The molecule has 20 heavy (non-hydrogen) atoms. The second-order valence-electron chi connectivity index (χ2n) is 4.97. The van der Waals surface area contributed by atoms with Crippen molar-refractivity contribution >= 4 is 28.9 Å². The number of halogens is 2. The molecule has 2 rings (SSSR count). The lowest BCUT2D eigenvalue weighted by molar-refractivity contribution is 0.877. The zero-order chi connectivity index (χ0) is 14.7. The second kappa shape index (κ2) is 6.51. The van der Waals surface area contributed by atoms with Crippen LogP contribution < -0.4 is 5.32 Å². The van der Waals surface area contributed by atoms with Crippen LogP contribution in [0.2, 0.25) is 10.0 Å². The molecule has 0 amide bonds. The quantitative estimate of drug-likeness (QED) is 0.726. The lowest BCUT2D eigenvalue weighted by atomic mass is 10.0. The van der Waals surface area contributed by atoms with E-state index in [2.05, 4.69) is 44.3 Å². The van der Waals surface area contributed by atoms with Crippen molar-refractivity contribution in [2.45, 2.75) is 33.2 Å². The number of aryl methyl sites for hydroxylation is 2. The highest BCUT2D eigenvalue weighted by Gasteiger charge is 2.14. The zero-order valence-electron chi connectivity index (χ0n) is 12.0. The summed E-state index contributed by atoms with van der Waals surface area (Å²) in [5.41, 5.74) is 4.77. The summed E-state index contributed by atoms with van der Waals surface area (Å²) in [6.07, 6.45) is 1.00. The normalized spacial score (nSPS) is 12.2. The van der Waals surface area contributed by atoms with Crippen LogP contribution in [0.25, 0.3) is 0 Å². The van der Waals surface area contributed by atoms with Crippen molar-refractivity contribution in [3.05, 3.63) is 63.1 Å². The zero-order valence-corrected chi connectivity index (χ0v) is 13.5.